The number of aromatic nitrogens is 5. The SMILES string of the molecule is Cc1cccc(-n2nnc3c(=O)n(Cc4ccccc4Cl)cnc32)c1. The Kier molecular flexibility index (Phi) is 3.82. The number of rotatable bonds is 3. The molecule has 0 aliphatic rings. The van der Waals surface area contributed by atoms with Crippen molar-refractivity contribution >= 4 is 22.8 Å². The smallest absolute Gasteiger partial charge is 0.283 e. The molecule has 0 spiro atoms. The van der Waals surface area contributed by atoms with Crippen LogP contribution in [-0.4, -0.2) is 24.5 Å². The molecule has 0 atom stereocenters. The van der Waals surface area contributed by atoms with Crippen LogP contribution in [0, 0.1) is 6.92 Å². The van der Waals surface area contributed by atoms with E-state index in [1.54, 1.807) is 10.7 Å². The molecule has 4 aromatic rings. The van der Waals surface area contributed by atoms with E-state index in [1.165, 1.54) is 10.9 Å². The van der Waals surface area contributed by atoms with E-state index in [9.17, 15) is 4.79 Å². The van der Waals surface area contributed by atoms with E-state index < -0.39 is 0 Å². The van der Waals surface area contributed by atoms with Crippen molar-refractivity contribution in [3.63, 3.8) is 0 Å². The molecule has 2 aromatic carbocycles. The first-order valence-corrected chi connectivity index (χ1v) is 8.12. The molecule has 0 aliphatic heterocycles. The standard InChI is InChI=1S/C18H14ClN5O/c1-12-5-4-7-14(9-12)24-17-16(21-22-24)18(25)23(11-20-17)10-13-6-2-3-8-15(13)19/h2-9,11H,10H2,1H3. The number of hydrogen-bond acceptors (Lipinski definition) is 4. The summed E-state index contributed by atoms with van der Waals surface area (Å²) in [6, 6.07) is 15.2. The summed E-state index contributed by atoms with van der Waals surface area (Å²) in [5.41, 5.74) is 3.18. The fourth-order valence-electron chi connectivity index (χ4n) is 2.70. The number of hydrogen-bond donors (Lipinski definition) is 0. The van der Waals surface area contributed by atoms with Crippen molar-refractivity contribution in [2.24, 2.45) is 0 Å². The number of halogens is 1. The Labute approximate surface area is 148 Å². The second-order valence-corrected chi connectivity index (χ2v) is 6.19. The third-order valence-corrected chi connectivity index (χ3v) is 4.34. The van der Waals surface area contributed by atoms with Crippen LogP contribution in [-0.2, 0) is 6.54 Å². The summed E-state index contributed by atoms with van der Waals surface area (Å²) in [5.74, 6) is 0. The van der Waals surface area contributed by atoms with Gasteiger partial charge in [-0.2, -0.15) is 4.68 Å². The van der Waals surface area contributed by atoms with Crippen LogP contribution in [0.3, 0.4) is 0 Å². The lowest BCUT2D eigenvalue weighted by Gasteiger charge is -2.07. The van der Waals surface area contributed by atoms with Gasteiger partial charge in [0, 0.05) is 5.02 Å². The van der Waals surface area contributed by atoms with Crippen LogP contribution in [0.5, 0.6) is 0 Å². The average Bonchev–Trinajstić information content (AvgIpc) is 3.04. The second kappa shape index (κ2) is 6.14. The van der Waals surface area contributed by atoms with E-state index in [0.29, 0.717) is 17.2 Å². The van der Waals surface area contributed by atoms with Gasteiger partial charge >= 0.3 is 0 Å². The highest BCUT2D eigenvalue weighted by Gasteiger charge is 2.14. The minimum atomic E-state index is -0.246. The molecule has 25 heavy (non-hydrogen) atoms. The molecule has 0 radical (unpaired) electrons. The fourth-order valence-corrected chi connectivity index (χ4v) is 2.90. The van der Waals surface area contributed by atoms with Gasteiger partial charge in [0.1, 0.15) is 6.33 Å². The van der Waals surface area contributed by atoms with E-state index >= 15 is 0 Å². The topological polar surface area (TPSA) is 65.6 Å². The maximum absolute atomic E-state index is 12.7. The van der Waals surface area contributed by atoms with Gasteiger partial charge in [-0.25, -0.2) is 4.98 Å². The van der Waals surface area contributed by atoms with Crippen molar-refractivity contribution < 1.29 is 0 Å². The van der Waals surface area contributed by atoms with E-state index in [0.717, 1.165) is 16.8 Å². The molecule has 0 saturated heterocycles. The van der Waals surface area contributed by atoms with Crippen LogP contribution in [0.1, 0.15) is 11.1 Å². The predicted molar refractivity (Wildman–Crippen MR) is 96.2 cm³/mol. The summed E-state index contributed by atoms with van der Waals surface area (Å²) < 4.78 is 3.06. The molecule has 0 unspecified atom stereocenters. The van der Waals surface area contributed by atoms with Gasteiger partial charge in [0.25, 0.3) is 5.56 Å². The molecule has 7 heteroatoms. The van der Waals surface area contributed by atoms with Gasteiger partial charge in [-0.15, -0.1) is 5.10 Å². The summed E-state index contributed by atoms with van der Waals surface area (Å²) in [6.07, 6.45) is 1.50. The Morgan fingerprint density at radius 1 is 1.12 bits per heavy atom. The quantitative estimate of drug-likeness (QED) is 0.569. The summed E-state index contributed by atoms with van der Waals surface area (Å²) in [7, 11) is 0. The molecular formula is C18H14ClN5O. The Morgan fingerprint density at radius 3 is 2.76 bits per heavy atom. The fraction of sp³-hybridized carbons (Fsp3) is 0.111. The molecule has 6 nitrogen and oxygen atoms in total. The number of aryl methyl sites for hydroxylation is 1. The number of benzene rings is 2. The lowest BCUT2D eigenvalue weighted by molar-refractivity contribution is 0.745. The molecule has 2 heterocycles. The molecule has 4 rings (SSSR count). The monoisotopic (exact) mass is 351 g/mol. The van der Waals surface area contributed by atoms with Gasteiger partial charge in [-0.05, 0) is 36.2 Å². The zero-order valence-corrected chi connectivity index (χ0v) is 14.2. The van der Waals surface area contributed by atoms with Crippen molar-refractivity contribution in [2.45, 2.75) is 13.5 Å². The lowest BCUT2D eigenvalue weighted by atomic mass is 10.2. The van der Waals surface area contributed by atoms with E-state index in [1.807, 2.05) is 49.4 Å². The summed E-state index contributed by atoms with van der Waals surface area (Å²) in [4.78, 5) is 17.1. The van der Waals surface area contributed by atoms with Crippen molar-refractivity contribution in [3.8, 4) is 5.69 Å². The van der Waals surface area contributed by atoms with Gasteiger partial charge < -0.3 is 0 Å². The van der Waals surface area contributed by atoms with Crippen molar-refractivity contribution in [1.82, 2.24) is 24.5 Å². The number of fused-ring (bicyclic) bond motifs is 1. The Morgan fingerprint density at radius 2 is 1.96 bits per heavy atom. The average molecular weight is 352 g/mol. The van der Waals surface area contributed by atoms with Crippen LogP contribution in [0.4, 0.5) is 0 Å². The maximum atomic E-state index is 12.7. The largest absolute Gasteiger partial charge is 0.293 e. The normalized spacial score (nSPS) is 11.1. The van der Waals surface area contributed by atoms with Crippen LogP contribution < -0.4 is 5.56 Å². The zero-order chi connectivity index (χ0) is 17.4. The molecule has 2 aromatic heterocycles. The van der Waals surface area contributed by atoms with Gasteiger partial charge in [0.05, 0.1) is 12.2 Å². The van der Waals surface area contributed by atoms with Crippen LogP contribution in [0.15, 0.2) is 59.7 Å². The van der Waals surface area contributed by atoms with Gasteiger partial charge in [-0.1, -0.05) is 47.1 Å². The summed E-state index contributed by atoms with van der Waals surface area (Å²) in [5, 5.41) is 8.74. The van der Waals surface area contributed by atoms with E-state index in [4.69, 9.17) is 11.6 Å². The molecule has 0 amide bonds. The van der Waals surface area contributed by atoms with Crippen LogP contribution >= 0.6 is 11.6 Å². The van der Waals surface area contributed by atoms with Gasteiger partial charge in [-0.3, -0.25) is 9.36 Å². The molecule has 0 N–H and O–H groups in total. The van der Waals surface area contributed by atoms with Gasteiger partial charge in [0.15, 0.2) is 11.2 Å². The molecule has 0 fully saturated rings. The highest BCUT2D eigenvalue weighted by molar-refractivity contribution is 6.31. The first-order chi connectivity index (χ1) is 12.1. The predicted octanol–water partition coefficient (Wildman–Crippen LogP) is 2.99. The van der Waals surface area contributed by atoms with Crippen molar-refractivity contribution in [3.05, 3.63) is 81.4 Å². The van der Waals surface area contributed by atoms with Gasteiger partial charge in [0.2, 0.25) is 0 Å². The molecule has 0 bridgehead atoms. The summed E-state index contributed by atoms with van der Waals surface area (Å²) in [6.45, 7) is 2.32. The molecular weight excluding hydrogens is 338 g/mol. The maximum Gasteiger partial charge on any atom is 0.283 e. The number of nitrogens with zero attached hydrogens (tertiary/aromatic N) is 5. The highest BCUT2D eigenvalue weighted by Crippen LogP contribution is 2.16. The first kappa shape index (κ1) is 15.5. The van der Waals surface area contributed by atoms with Crippen molar-refractivity contribution in [1.29, 1.82) is 0 Å². The minimum Gasteiger partial charge on any atom is -0.293 e. The second-order valence-electron chi connectivity index (χ2n) is 5.78. The Bertz CT molecular complexity index is 1130. The third-order valence-electron chi connectivity index (χ3n) is 3.97. The molecule has 0 aliphatic carbocycles. The third kappa shape index (κ3) is 2.81. The Hall–Kier alpha value is -2.99. The highest BCUT2D eigenvalue weighted by atomic mass is 35.5. The lowest BCUT2D eigenvalue weighted by Crippen LogP contribution is -2.21. The minimum absolute atomic E-state index is 0.232. The molecule has 0 saturated carbocycles. The van der Waals surface area contributed by atoms with Crippen molar-refractivity contribution in [2.75, 3.05) is 0 Å². The zero-order valence-electron chi connectivity index (χ0n) is 13.4. The first-order valence-electron chi connectivity index (χ1n) is 7.75. The van der Waals surface area contributed by atoms with Crippen LogP contribution in [0.25, 0.3) is 16.9 Å². The Balaban J connectivity index is 1.80. The molecule has 124 valence electrons. The summed E-state index contributed by atoms with van der Waals surface area (Å²) >= 11 is 6.18. The van der Waals surface area contributed by atoms with E-state index in [2.05, 4.69) is 15.3 Å². The van der Waals surface area contributed by atoms with E-state index in [-0.39, 0.29) is 11.1 Å². The van der Waals surface area contributed by atoms with Crippen LogP contribution in [0.2, 0.25) is 5.02 Å².